The number of carbonyl (C=O) groups is 1. The van der Waals surface area contributed by atoms with Gasteiger partial charge in [-0.05, 0) is 12.5 Å². The number of ketones is 1. The van der Waals surface area contributed by atoms with Gasteiger partial charge >= 0.3 is 0 Å². The summed E-state index contributed by atoms with van der Waals surface area (Å²) in [6.07, 6.45) is 12.7. The molecule has 0 aromatic rings. The Morgan fingerprint density at radius 2 is 1.81 bits per heavy atom. The molecule has 0 radical (unpaired) electrons. The van der Waals surface area contributed by atoms with Crippen LogP contribution in [0.15, 0.2) is 73.4 Å². The van der Waals surface area contributed by atoms with Gasteiger partial charge in [-0.1, -0.05) is 62.3 Å². The second kappa shape index (κ2) is 8.42. The minimum atomic E-state index is -0.0144. The van der Waals surface area contributed by atoms with Crippen molar-refractivity contribution in [1.29, 1.82) is 0 Å². The first kappa shape index (κ1) is 14.1. The number of allylic oxidation sites excluding steroid dienone is 9. The zero-order valence-electron chi connectivity index (χ0n) is 9.78. The molecule has 0 rings (SSSR count). The Kier molecular flexibility index (Phi) is 7.43. The molecule has 0 unspecified atom stereocenters. The Labute approximate surface area is 97.9 Å². The molecule has 16 heavy (non-hydrogen) atoms. The van der Waals surface area contributed by atoms with Crippen LogP contribution in [0.4, 0.5) is 0 Å². The van der Waals surface area contributed by atoms with Crippen LogP contribution in [0.25, 0.3) is 0 Å². The van der Waals surface area contributed by atoms with Crippen LogP contribution >= 0.6 is 0 Å². The molecular weight excluding hydrogens is 196 g/mol. The molecule has 0 aliphatic rings. The molecule has 0 heterocycles. The maximum Gasteiger partial charge on any atom is 0.166 e. The van der Waals surface area contributed by atoms with Crippen molar-refractivity contribution >= 4 is 5.78 Å². The molecule has 0 atom stereocenters. The van der Waals surface area contributed by atoms with E-state index >= 15 is 0 Å². The summed E-state index contributed by atoms with van der Waals surface area (Å²) in [4.78, 5) is 11.6. The smallest absolute Gasteiger partial charge is 0.166 e. The largest absolute Gasteiger partial charge is 0.294 e. The fourth-order valence-corrected chi connectivity index (χ4v) is 0.959. The lowest BCUT2D eigenvalue weighted by molar-refractivity contribution is -0.114. The maximum atomic E-state index is 11.6. The average molecular weight is 214 g/mol. The van der Waals surface area contributed by atoms with E-state index in [-0.39, 0.29) is 5.78 Å². The van der Waals surface area contributed by atoms with E-state index in [0.29, 0.717) is 12.0 Å². The quantitative estimate of drug-likeness (QED) is 0.463. The fourth-order valence-electron chi connectivity index (χ4n) is 0.959. The van der Waals surface area contributed by atoms with E-state index in [1.807, 2.05) is 19.1 Å². The number of rotatable bonds is 7. The van der Waals surface area contributed by atoms with Crippen LogP contribution in [0.5, 0.6) is 0 Å². The molecule has 0 fully saturated rings. The molecule has 1 heteroatoms. The summed E-state index contributed by atoms with van der Waals surface area (Å²) in [5, 5.41) is 0. The number of carbonyl (C=O) groups excluding carboxylic acids is 1. The van der Waals surface area contributed by atoms with Crippen LogP contribution in [0, 0.1) is 0 Å². The Morgan fingerprint density at radius 1 is 1.12 bits per heavy atom. The molecule has 0 bridgehead atoms. The fraction of sp³-hybridized carbons (Fsp3) is 0.133. The van der Waals surface area contributed by atoms with E-state index < -0.39 is 0 Å². The van der Waals surface area contributed by atoms with Crippen LogP contribution in [-0.2, 0) is 4.79 Å². The van der Waals surface area contributed by atoms with Crippen molar-refractivity contribution in [2.75, 3.05) is 0 Å². The molecule has 1 nitrogen and oxygen atoms in total. The van der Waals surface area contributed by atoms with Gasteiger partial charge in [0.2, 0.25) is 0 Å². The number of hydrogen-bond donors (Lipinski definition) is 0. The van der Waals surface area contributed by atoms with Gasteiger partial charge in [0.25, 0.3) is 0 Å². The monoisotopic (exact) mass is 214 g/mol. The van der Waals surface area contributed by atoms with E-state index in [1.54, 1.807) is 30.4 Å². The van der Waals surface area contributed by atoms with Crippen LogP contribution in [0.2, 0.25) is 0 Å². The van der Waals surface area contributed by atoms with Crippen molar-refractivity contribution in [2.24, 2.45) is 0 Å². The summed E-state index contributed by atoms with van der Waals surface area (Å²) in [5.74, 6) is -0.0144. The van der Waals surface area contributed by atoms with Gasteiger partial charge in [-0.25, -0.2) is 0 Å². The zero-order valence-corrected chi connectivity index (χ0v) is 9.78. The zero-order chi connectivity index (χ0) is 12.4. The van der Waals surface area contributed by atoms with Crippen molar-refractivity contribution < 1.29 is 4.79 Å². The Bertz CT molecular complexity index is 365. The SMILES string of the molecule is C=C/C=C\C(=C)CC(=O)C(=C)/C=C\C=C/C. The van der Waals surface area contributed by atoms with Gasteiger partial charge in [-0.2, -0.15) is 0 Å². The predicted octanol–water partition coefficient (Wildman–Crippen LogP) is 3.93. The van der Waals surface area contributed by atoms with Crippen LogP contribution in [-0.4, -0.2) is 5.78 Å². The van der Waals surface area contributed by atoms with Crippen molar-refractivity contribution in [3.8, 4) is 0 Å². The molecule has 0 saturated carbocycles. The lowest BCUT2D eigenvalue weighted by Crippen LogP contribution is -1.99. The highest BCUT2D eigenvalue weighted by atomic mass is 16.1. The molecular formula is C15H18O. The van der Waals surface area contributed by atoms with Gasteiger partial charge in [-0.15, -0.1) is 0 Å². The van der Waals surface area contributed by atoms with Gasteiger partial charge < -0.3 is 0 Å². The highest BCUT2D eigenvalue weighted by molar-refractivity contribution is 5.99. The summed E-state index contributed by atoms with van der Waals surface area (Å²) in [6, 6.07) is 0. The first-order chi connectivity index (χ1) is 7.61. The van der Waals surface area contributed by atoms with Gasteiger partial charge in [0.05, 0.1) is 0 Å². The van der Waals surface area contributed by atoms with Crippen molar-refractivity contribution in [1.82, 2.24) is 0 Å². The Hall–Kier alpha value is -1.89. The van der Waals surface area contributed by atoms with E-state index in [1.165, 1.54) is 0 Å². The summed E-state index contributed by atoms with van der Waals surface area (Å²) in [5.41, 5.74) is 1.25. The first-order valence-electron chi connectivity index (χ1n) is 5.10. The van der Waals surface area contributed by atoms with E-state index in [2.05, 4.69) is 19.7 Å². The Balaban J connectivity index is 4.26. The van der Waals surface area contributed by atoms with E-state index in [4.69, 9.17) is 0 Å². The van der Waals surface area contributed by atoms with Gasteiger partial charge in [0.15, 0.2) is 5.78 Å². The minimum absolute atomic E-state index is 0.0144. The maximum absolute atomic E-state index is 11.6. The van der Waals surface area contributed by atoms with E-state index in [0.717, 1.165) is 5.57 Å². The molecule has 0 N–H and O–H groups in total. The molecule has 0 aliphatic heterocycles. The predicted molar refractivity (Wildman–Crippen MR) is 71.2 cm³/mol. The third kappa shape index (κ3) is 6.55. The Morgan fingerprint density at radius 3 is 2.38 bits per heavy atom. The third-order valence-corrected chi connectivity index (χ3v) is 1.81. The van der Waals surface area contributed by atoms with Gasteiger partial charge in [0.1, 0.15) is 0 Å². The lowest BCUT2D eigenvalue weighted by atomic mass is 10.0. The van der Waals surface area contributed by atoms with Crippen molar-refractivity contribution in [2.45, 2.75) is 13.3 Å². The summed E-state index contributed by atoms with van der Waals surface area (Å²) < 4.78 is 0. The number of hydrogen-bond acceptors (Lipinski definition) is 1. The number of Topliss-reactive ketones (excluding diaryl/α,β-unsaturated/α-hetero) is 1. The van der Waals surface area contributed by atoms with Crippen molar-refractivity contribution in [3.63, 3.8) is 0 Å². The highest BCUT2D eigenvalue weighted by Crippen LogP contribution is 2.07. The molecule has 0 aromatic carbocycles. The minimum Gasteiger partial charge on any atom is -0.294 e. The normalized spacial score (nSPS) is 11.3. The average Bonchev–Trinajstić information content (AvgIpc) is 2.26. The molecule has 0 saturated heterocycles. The topological polar surface area (TPSA) is 17.1 Å². The standard InChI is InChI=1S/C15H18O/c1-5-7-9-11-14(4)15(16)12-13(3)10-8-6-2/h5-11H,2-4,12H2,1H3/b7-5-,10-8-,11-9-. The van der Waals surface area contributed by atoms with Crippen LogP contribution in [0.1, 0.15) is 13.3 Å². The second-order valence-electron chi connectivity index (χ2n) is 3.26. The van der Waals surface area contributed by atoms with E-state index in [9.17, 15) is 4.79 Å². The summed E-state index contributed by atoms with van der Waals surface area (Å²) in [7, 11) is 0. The summed E-state index contributed by atoms with van der Waals surface area (Å²) in [6.45, 7) is 12.9. The first-order valence-corrected chi connectivity index (χ1v) is 5.10. The second-order valence-corrected chi connectivity index (χ2v) is 3.26. The lowest BCUT2D eigenvalue weighted by Gasteiger charge is -1.99. The van der Waals surface area contributed by atoms with Crippen LogP contribution < -0.4 is 0 Å². The van der Waals surface area contributed by atoms with Gasteiger partial charge in [-0.3, -0.25) is 4.79 Å². The van der Waals surface area contributed by atoms with Crippen LogP contribution in [0.3, 0.4) is 0 Å². The third-order valence-electron chi connectivity index (χ3n) is 1.81. The molecule has 0 amide bonds. The molecule has 0 aromatic heterocycles. The van der Waals surface area contributed by atoms with Gasteiger partial charge in [0, 0.05) is 12.0 Å². The molecule has 0 spiro atoms. The molecule has 0 aliphatic carbocycles. The molecule has 84 valence electrons. The van der Waals surface area contributed by atoms with Crippen molar-refractivity contribution in [3.05, 3.63) is 73.4 Å². The highest BCUT2D eigenvalue weighted by Gasteiger charge is 2.04. The summed E-state index contributed by atoms with van der Waals surface area (Å²) >= 11 is 0.